The third-order valence-corrected chi connectivity index (χ3v) is 7.40. The van der Waals surface area contributed by atoms with Crippen molar-refractivity contribution in [2.45, 2.75) is 39.8 Å². The van der Waals surface area contributed by atoms with E-state index in [4.69, 9.17) is 19.4 Å². The van der Waals surface area contributed by atoms with Crippen LogP contribution in [0.3, 0.4) is 0 Å². The maximum Gasteiger partial charge on any atom is 0.332 e. The second-order valence-corrected chi connectivity index (χ2v) is 9.72. The lowest BCUT2D eigenvalue weighted by molar-refractivity contribution is -0.130. The van der Waals surface area contributed by atoms with Gasteiger partial charge in [-0.2, -0.15) is 0 Å². The van der Waals surface area contributed by atoms with E-state index in [1.807, 2.05) is 38.1 Å². The molecule has 0 radical (unpaired) electrons. The molecule has 0 aliphatic heterocycles. The Kier molecular flexibility index (Phi) is 10.6. The maximum atomic E-state index is 13.6. The van der Waals surface area contributed by atoms with Crippen molar-refractivity contribution in [3.63, 3.8) is 0 Å². The second-order valence-electron chi connectivity index (χ2n) is 8.72. The van der Waals surface area contributed by atoms with Gasteiger partial charge >= 0.3 is 5.69 Å². The van der Waals surface area contributed by atoms with Crippen LogP contribution in [-0.4, -0.2) is 69.1 Å². The van der Waals surface area contributed by atoms with Gasteiger partial charge in [-0.15, -0.1) is 11.3 Å². The number of aliphatic hydroxyl groups is 2. The van der Waals surface area contributed by atoms with Gasteiger partial charge in [0.1, 0.15) is 23.4 Å². The number of hydrogen-bond acceptors (Lipinski definition) is 9. The molecule has 0 aliphatic carbocycles. The van der Waals surface area contributed by atoms with Gasteiger partial charge in [-0.1, -0.05) is 25.1 Å². The van der Waals surface area contributed by atoms with Gasteiger partial charge in [-0.25, -0.2) is 9.78 Å². The third-order valence-electron chi connectivity index (χ3n) is 6.10. The number of carbonyl (C=O) groups is 1. The lowest BCUT2D eigenvalue weighted by Crippen LogP contribution is -2.44. The van der Waals surface area contributed by atoms with Crippen LogP contribution in [0, 0.1) is 6.92 Å². The zero-order valence-electron chi connectivity index (χ0n) is 22.5. The summed E-state index contributed by atoms with van der Waals surface area (Å²) in [5.41, 5.74) is 0.610. The average molecular weight is 559 g/mol. The van der Waals surface area contributed by atoms with Crippen molar-refractivity contribution in [1.29, 1.82) is 0 Å². The summed E-state index contributed by atoms with van der Waals surface area (Å²) in [5.74, 6) is 0.823. The fourth-order valence-corrected chi connectivity index (χ4v) is 5.39. The van der Waals surface area contributed by atoms with Gasteiger partial charge in [0, 0.05) is 20.1 Å². The summed E-state index contributed by atoms with van der Waals surface area (Å²) in [6.07, 6.45) is 4.29. The van der Waals surface area contributed by atoms with Crippen LogP contribution >= 0.6 is 11.3 Å². The molecule has 39 heavy (non-hydrogen) atoms. The number of thiophene rings is 1. The first-order valence-electron chi connectivity index (χ1n) is 12.5. The Morgan fingerprint density at radius 2 is 1.90 bits per heavy atom. The molecule has 0 aliphatic rings. The molecule has 2 N–H and O–H groups in total. The number of rotatable bonds is 10. The molecular weight excluding hydrogens is 524 g/mol. The van der Waals surface area contributed by atoms with Crippen LogP contribution < -0.4 is 16.0 Å². The van der Waals surface area contributed by atoms with E-state index in [2.05, 4.69) is 4.98 Å². The number of aliphatic hydroxyl groups excluding tert-OH is 2. The molecule has 210 valence electrons. The first-order valence-corrected chi connectivity index (χ1v) is 13.3. The molecule has 0 saturated heterocycles. The van der Waals surface area contributed by atoms with Crippen molar-refractivity contribution in [3.8, 4) is 16.5 Å². The van der Waals surface area contributed by atoms with Crippen molar-refractivity contribution in [2.75, 3.05) is 33.9 Å². The number of oxazole rings is 1. The minimum Gasteiger partial charge on any atom is -0.496 e. The molecule has 0 spiro atoms. The molecule has 0 bridgehead atoms. The van der Waals surface area contributed by atoms with Gasteiger partial charge in [-0.3, -0.25) is 18.7 Å². The van der Waals surface area contributed by atoms with E-state index in [1.54, 1.807) is 18.7 Å². The fourth-order valence-electron chi connectivity index (χ4n) is 4.13. The van der Waals surface area contributed by atoms with Gasteiger partial charge in [0.2, 0.25) is 11.8 Å². The fraction of sp³-hybridized carbons (Fsp3) is 0.407. The number of amides is 1. The Labute approximate surface area is 229 Å². The number of aromatic nitrogens is 3. The van der Waals surface area contributed by atoms with Crippen molar-refractivity contribution in [1.82, 2.24) is 19.0 Å². The van der Waals surface area contributed by atoms with Crippen LogP contribution in [0.2, 0.25) is 0 Å². The van der Waals surface area contributed by atoms with Crippen LogP contribution in [0.4, 0.5) is 0 Å². The Morgan fingerprint density at radius 1 is 1.18 bits per heavy atom. The summed E-state index contributed by atoms with van der Waals surface area (Å²) in [6.45, 7) is 4.06. The van der Waals surface area contributed by atoms with E-state index in [0.717, 1.165) is 22.3 Å². The maximum absolute atomic E-state index is 13.6. The molecule has 3 aromatic heterocycles. The Morgan fingerprint density at radius 3 is 2.51 bits per heavy atom. The molecule has 0 saturated carbocycles. The Bertz CT molecular complexity index is 1500. The molecule has 0 unspecified atom stereocenters. The molecule has 1 amide bonds. The summed E-state index contributed by atoms with van der Waals surface area (Å²) < 4.78 is 13.5. The summed E-state index contributed by atoms with van der Waals surface area (Å²) >= 11 is 1.29. The van der Waals surface area contributed by atoms with Crippen molar-refractivity contribution in [2.24, 2.45) is 0 Å². The monoisotopic (exact) mass is 558 g/mol. The zero-order valence-corrected chi connectivity index (χ0v) is 23.4. The van der Waals surface area contributed by atoms with Crippen LogP contribution in [-0.2, 0) is 24.3 Å². The Balaban J connectivity index is 0.000000983. The van der Waals surface area contributed by atoms with Gasteiger partial charge in [0.25, 0.3) is 5.56 Å². The zero-order chi connectivity index (χ0) is 28.5. The smallest absolute Gasteiger partial charge is 0.332 e. The van der Waals surface area contributed by atoms with E-state index in [1.165, 1.54) is 28.7 Å². The van der Waals surface area contributed by atoms with E-state index in [0.29, 0.717) is 46.1 Å². The molecule has 11 nitrogen and oxygen atoms in total. The third kappa shape index (κ3) is 6.64. The van der Waals surface area contributed by atoms with Crippen molar-refractivity contribution in [3.05, 3.63) is 68.7 Å². The molecular formula is C27H34N4O7S. The lowest BCUT2D eigenvalue weighted by atomic mass is 10.1. The van der Waals surface area contributed by atoms with Gasteiger partial charge in [-0.05, 0) is 37.0 Å². The number of nitrogens with zero attached hydrogens (tertiary/aromatic N) is 4. The highest BCUT2D eigenvalue weighted by Gasteiger charge is 2.24. The summed E-state index contributed by atoms with van der Waals surface area (Å²) in [7, 11) is 3.28. The largest absolute Gasteiger partial charge is 0.496 e. The van der Waals surface area contributed by atoms with Gasteiger partial charge in [0.05, 0.1) is 36.8 Å². The summed E-state index contributed by atoms with van der Waals surface area (Å²) in [5, 5.41) is 15.6. The normalized spacial score (nSPS) is 10.8. The topological polar surface area (TPSA) is 140 Å². The number of ether oxygens (including phenoxy) is 1. The van der Waals surface area contributed by atoms with E-state index in [-0.39, 0.29) is 25.7 Å². The Hall–Kier alpha value is -3.74. The van der Waals surface area contributed by atoms with Crippen LogP contribution in [0.15, 0.2) is 50.7 Å². The van der Waals surface area contributed by atoms with Crippen LogP contribution in [0.5, 0.6) is 5.75 Å². The minimum absolute atomic E-state index is 0.125. The van der Waals surface area contributed by atoms with E-state index < -0.39 is 11.2 Å². The van der Waals surface area contributed by atoms with E-state index >= 15 is 0 Å². The highest BCUT2D eigenvalue weighted by molar-refractivity contribution is 7.22. The first-order chi connectivity index (χ1) is 18.8. The van der Waals surface area contributed by atoms with Crippen molar-refractivity contribution < 1.29 is 24.2 Å². The number of hydrogen-bond donors (Lipinski definition) is 2. The minimum atomic E-state index is -0.518. The number of para-hydroxylation sites is 1. The standard InChI is InChI=1S/C25H28N4O5S.C2H6O2/c1-5-12-27(3)19(30)15-29-23(31)20-16(2)21(22-26-11-14-34-22)35-24(20)28(25(29)32)13-10-17-8-6-7-9-18(17)33-4;3-1-2-4/h6-9,11,14H,5,10,12-13,15H2,1-4H3;3-4H,1-2H2. The number of methoxy groups -OCH3 is 1. The highest BCUT2D eigenvalue weighted by Crippen LogP contribution is 2.35. The molecule has 0 fully saturated rings. The second kappa shape index (κ2) is 13.9. The quantitative estimate of drug-likeness (QED) is 0.302. The van der Waals surface area contributed by atoms with E-state index in [9.17, 15) is 14.4 Å². The average Bonchev–Trinajstić information content (AvgIpc) is 3.59. The van der Waals surface area contributed by atoms with Crippen molar-refractivity contribution >= 4 is 27.5 Å². The molecule has 3 heterocycles. The molecule has 4 aromatic rings. The predicted octanol–water partition coefficient (Wildman–Crippen LogP) is 2.28. The number of carbonyl (C=O) groups excluding carboxylic acids is 1. The predicted molar refractivity (Wildman–Crippen MR) is 149 cm³/mol. The molecule has 4 rings (SSSR count). The lowest BCUT2D eigenvalue weighted by Gasteiger charge is -2.18. The number of aryl methyl sites for hydroxylation is 3. The molecule has 1 aromatic carbocycles. The molecule has 0 atom stereocenters. The number of likely N-dealkylation sites (N-methyl/N-ethyl adjacent to an activating group) is 1. The van der Waals surface area contributed by atoms with Gasteiger partial charge < -0.3 is 24.3 Å². The first kappa shape index (κ1) is 29.8. The van der Waals surface area contributed by atoms with Crippen LogP contribution in [0.25, 0.3) is 21.0 Å². The number of fused-ring (bicyclic) bond motifs is 1. The highest BCUT2D eigenvalue weighted by atomic mass is 32.1. The van der Waals surface area contributed by atoms with Gasteiger partial charge in [0.15, 0.2) is 0 Å². The number of benzene rings is 1. The summed E-state index contributed by atoms with van der Waals surface area (Å²) in [4.78, 5) is 46.9. The summed E-state index contributed by atoms with van der Waals surface area (Å²) in [6, 6.07) is 7.61. The molecule has 12 heteroatoms. The van der Waals surface area contributed by atoms with Crippen LogP contribution in [0.1, 0.15) is 24.5 Å². The SMILES string of the molecule is CCCN(C)C(=O)Cn1c(=O)c2c(C)c(-c3ncco3)sc2n(CCc2ccccc2OC)c1=O.OCCO.